The lowest BCUT2D eigenvalue weighted by Crippen LogP contribution is -2.03. The van der Waals surface area contributed by atoms with Crippen molar-refractivity contribution in [3.05, 3.63) is 63.8 Å². The summed E-state index contributed by atoms with van der Waals surface area (Å²) in [5.74, 6) is 0.402. The Kier molecular flexibility index (Phi) is 4.48. The minimum atomic E-state index is 0.0796. The molecule has 1 N–H and O–H groups in total. The van der Waals surface area contributed by atoms with Crippen molar-refractivity contribution in [2.45, 2.75) is 11.8 Å². The lowest BCUT2D eigenvalue weighted by molar-refractivity contribution is 0.102. The third kappa shape index (κ3) is 3.02. The lowest BCUT2D eigenvalue weighted by atomic mass is 10.1. The fraction of sp³-hybridized carbons (Fsp3) is 0.118. The normalized spacial score (nSPS) is 11.0. The third-order valence-electron chi connectivity index (χ3n) is 3.42. The number of fused-ring (bicyclic) bond motifs is 1. The molecule has 0 aliphatic carbocycles. The highest BCUT2D eigenvalue weighted by molar-refractivity contribution is 8.00. The highest BCUT2D eigenvalue weighted by atomic mass is 35.5. The number of nitrogens with one attached hydrogen (secondary N) is 1. The Bertz CT molecular complexity index is 857. The molecule has 1 heterocycles. The van der Waals surface area contributed by atoms with Crippen molar-refractivity contribution in [2.24, 2.45) is 0 Å². The third-order valence-corrected chi connectivity index (χ3v) is 5.16. The number of carbonyl (C=O) groups excluding carboxylic acids is 1. The second kappa shape index (κ2) is 6.37. The van der Waals surface area contributed by atoms with Gasteiger partial charge in [0, 0.05) is 32.1 Å². The van der Waals surface area contributed by atoms with Crippen LogP contribution in [0.2, 0.25) is 10.0 Å². The van der Waals surface area contributed by atoms with Crippen LogP contribution in [0.4, 0.5) is 0 Å². The van der Waals surface area contributed by atoms with Gasteiger partial charge in [-0.2, -0.15) is 0 Å². The zero-order valence-electron chi connectivity index (χ0n) is 11.8. The molecule has 0 fully saturated rings. The number of hydrogen-bond acceptors (Lipinski definition) is 2. The first-order valence-corrected chi connectivity index (χ1v) is 8.49. The summed E-state index contributed by atoms with van der Waals surface area (Å²) in [7, 11) is 0. The molecule has 2 nitrogen and oxygen atoms in total. The van der Waals surface area contributed by atoms with Crippen molar-refractivity contribution in [3.63, 3.8) is 0 Å². The molecule has 0 unspecified atom stereocenters. The van der Waals surface area contributed by atoms with Gasteiger partial charge in [0.15, 0.2) is 5.78 Å². The Morgan fingerprint density at radius 2 is 1.95 bits per heavy atom. The van der Waals surface area contributed by atoms with Gasteiger partial charge in [-0.25, -0.2) is 0 Å². The fourth-order valence-electron chi connectivity index (χ4n) is 2.44. The summed E-state index contributed by atoms with van der Waals surface area (Å²) in [5.41, 5.74) is 2.62. The van der Waals surface area contributed by atoms with E-state index in [9.17, 15) is 4.79 Å². The Balaban J connectivity index is 1.85. The maximum atomic E-state index is 12.6. The number of H-pyrrole nitrogens is 1. The second-order valence-corrected chi connectivity index (χ2v) is 6.82. The van der Waals surface area contributed by atoms with E-state index >= 15 is 0 Å². The van der Waals surface area contributed by atoms with Crippen LogP contribution >= 0.6 is 35.0 Å². The number of Topliss-reactive ketones (excluding diaryl/α,β-unsaturated/α-hetero) is 1. The summed E-state index contributed by atoms with van der Waals surface area (Å²) >= 11 is 13.5. The first-order valence-electron chi connectivity index (χ1n) is 6.74. The minimum absolute atomic E-state index is 0.0796. The van der Waals surface area contributed by atoms with Crippen molar-refractivity contribution in [2.75, 3.05) is 5.75 Å². The first kappa shape index (κ1) is 15.5. The van der Waals surface area contributed by atoms with Gasteiger partial charge >= 0.3 is 0 Å². The average Bonchev–Trinajstić information content (AvgIpc) is 2.83. The molecule has 3 rings (SSSR count). The second-order valence-electron chi connectivity index (χ2n) is 4.96. The molecule has 0 atom stereocenters. The Morgan fingerprint density at radius 1 is 1.18 bits per heavy atom. The number of aryl methyl sites for hydroxylation is 1. The van der Waals surface area contributed by atoms with E-state index in [2.05, 4.69) is 4.98 Å². The summed E-state index contributed by atoms with van der Waals surface area (Å²) in [6.45, 7) is 1.92. The number of rotatable bonds is 4. The van der Waals surface area contributed by atoms with Crippen LogP contribution in [0.5, 0.6) is 0 Å². The summed E-state index contributed by atoms with van der Waals surface area (Å²) in [4.78, 5) is 16.7. The number of hydrogen-bond donors (Lipinski definition) is 1. The number of halogens is 2. The van der Waals surface area contributed by atoms with Crippen LogP contribution in [0.1, 0.15) is 16.1 Å². The van der Waals surface area contributed by atoms with Crippen molar-refractivity contribution >= 4 is 51.6 Å². The smallest absolute Gasteiger partial charge is 0.175 e. The molecule has 0 spiro atoms. The van der Waals surface area contributed by atoms with Gasteiger partial charge in [-0.3, -0.25) is 4.79 Å². The predicted octanol–water partition coefficient (Wildman–Crippen LogP) is 5.76. The van der Waals surface area contributed by atoms with E-state index in [1.54, 1.807) is 18.2 Å². The van der Waals surface area contributed by atoms with E-state index in [1.165, 1.54) is 11.8 Å². The molecule has 0 radical (unpaired) electrons. The highest BCUT2D eigenvalue weighted by Crippen LogP contribution is 2.31. The van der Waals surface area contributed by atoms with Gasteiger partial charge in [-0.1, -0.05) is 41.4 Å². The number of benzene rings is 2. The maximum absolute atomic E-state index is 12.6. The molecule has 1 aromatic heterocycles. The number of aromatic amines is 1. The molecule has 5 heteroatoms. The molecule has 2 aromatic carbocycles. The molecule has 0 aliphatic rings. The Morgan fingerprint density at radius 3 is 2.77 bits per heavy atom. The topological polar surface area (TPSA) is 32.9 Å². The quantitative estimate of drug-likeness (QED) is 0.479. The zero-order chi connectivity index (χ0) is 15.7. The molecular weight excluding hydrogens is 337 g/mol. The molecule has 112 valence electrons. The van der Waals surface area contributed by atoms with Crippen LogP contribution in [0.25, 0.3) is 10.9 Å². The Hall–Kier alpha value is -1.42. The zero-order valence-corrected chi connectivity index (χ0v) is 14.1. The summed E-state index contributed by atoms with van der Waals surface area (Å²) in [5, 5.41) is 2.18. The standard InChI is InChI=1S/C17H13Cl2NOS/c1-10-17(12-4-2-3-5-14(12)20-10)15(21)9-22-16-8-11(18)6-7-13(16)19/h2-8,20H,9H2,1H3. The first-order chi connectivity index (χ1) is 10.6. The van der Waals surface area contributed by atoms with Crippen molar-refractivity contribution in [1.29, 1.82) is 0 Å². The van der Waals surface area contributed by atoms with E-state index in [4.69, 9.17) is 23.2 Å². The molecule has 0 amide bonds. The molecule has 0 aliphatic heterocycles. The molecule has 0 bridgehead atoms. The van der Waals surface area contributed by atoms with Gasteiger partial charge in [0.25, 0.3) is 0 Å². The summed E-state index contributed by atoms with van der Waals surface area (Å²) in [6.07, 6.45) is 0. The van der Waals surface area contributed by atoms with E-state index in [0.717, 1.165) is 27.1 Å². The van der Waals surface area contributed by atoms with Crippen LogP contribution in [0.15, 0.2) is 47.4 Å². The van der Waals surface area contributed by atoms with Gasteiger partial charge in [-0.05, 0) is 31.2 Å². The number of aromatic nitrogens is 1. The molecule has 22 heavy (non-hydrogen) atoms. The SMILES string of the molecule is Cc1[nH]c2ccccc2c1C(=O)CSc1cc(Cl)ccc1Cl. The molecule has 0 saturated heterocycles. The predicted molar refractivity (Wildman–Crippen MR) is 94.6 cm³/mol. The van der Waals surface area contributed by atoms with E-state index in [-0.39, 0.29) is 5.78 Å². The van der Waals surface area contributed by atoms with Crippen LogP contribution in [0.3, 0.4) is 0 Å². The van der Waals surface area contributed by atoms with Crippen molar-refractivity contribution in [3.8, 4) is 0 Å². The highest BCUT2D eigenvalue weighted by Gasteiger charge is 2.16. The summed E-state index contributed by atoms with van der Waals surface area (Å²) in [6, 6.07) is 13.1. The number of ketones is 1. The Labute approximate surface area is 142 Å². The van der Waals surface area contributed by atoms with Crippen molar-refractivity contribution in [1.82, 2.24) is 4.98 Å². The maximum Gasteiger partial charge on any atom is 0.175 e. The molecular formula is C17H13Cl2NOS. The van der Waals surface area contributed by atoms with Crippen LogP contribution in [-0.4, -0.2) is 16.5 Å². The fourth-order valence-corrected chi connectivity index (χ4v) is 3.80. The largest absolute Gasteiger partial charge is 0.358 e. The number of carbonyl (C=O) groups is 1. The average molecular weight is 350 g/mol. The van der Waals surface area contributed by atoms with Crippen LogP contribution in [0, 0.1) is 6.92 Å². The lowest BCUT2D eigenvalue weighted by Gasteiger charge is -2.05. The van der Waals surface area contributed by atoms with Gasteiger partial charge in [-0.15, -0.1) is 11.8 Å². The van der Waals surface area contributed by atoms with E-state index in [0.29, 0.717) is 15.8 Å². The van der Waals surface area contributed by atoms with E-state index < -0.39 is 0 Å². The van der Waals surface area contributed by atoms with Gasteiger partial charge < -0.3 is 4.98 Å². The van der Waals surface area contributed by atoms with Gasteiger partial charge in [0.2, 0.25) is 0 Å². The van der Waals surface area contributed by atoms with Crippen LogP contribution < -0.4 is 0 Å². The van der Waals surface area contributed by atoms with Gasteiger partial charge in [0.05, 0.1) is 10.8 Å². The summed E-state index contributed by atoms with van der Waals surface area (Å²) < 4.78 is 0. The number of thioether (sulfide) groups is 1. The monoisotopic (exact) mass is 349 g/mol. The number of para-hydroxylation sites is 1. The van der Waals surface area contributed by atoms with Crippen molar-refractivity contribution < 1.29 is 4.79 Å². The van der Waals surface area contributed by atoms with Crippen LogP contribution in [-0.2, 0) is 0 Å². The van der Waals surface area contributed by atoms with E-state index in [1.807, 2.05) is 31.2 Å². The molecule has 0 saturated carbocycles. The molecule has 3 aromatic rings. The van der Waals surface area contributed by atoms with Gasteiger partial charge in [0.1, 0.15) is 0 Å². The minimum Gasteiger partial charge on any atom is -0.358 e.